The summed E-state index contributed by atoms with van der Waals surface area (Å²) in [5, 5.41) is 12.1. The van der Waals surface area contributed by atoms with Gasteiger partial charge < -0.3 is 8.83 Å². The average molecular weight is 763 g/mol. The third-order valence-electron chi connectivity index (χ3n) is 9.84. The lowest BCUT2D eigenvalue weighted by molar-refractivity contribution is 0.665. The van der Waals surface area contributed by atoms with Crippen molar-refractivity contribution in [3.05, 3.63) is 194 Å². The molecule has 0 amide bonds. The lowest BCUT2D eigenvalue weighted by Crippen LogP contribution is -2.26. The fraction of sp³-hybridized carbons (Fsp3) is 0.0769. The van der Waals surface area contributed by atoms with E-state index in [0.717, 1.165) is 55.0 Å². The molecule has 8 aromatic carbocycles. The van der Waals surface area contributed by atoms with Crippen LogP contribution >= 0.6 is 15.8 Å². The van der Waals surface area contributed by atoms with E-state index in [-0.39, 0.29) is 0 Å². The molecular weight excluding hydrogens is 719 g/mol. The Bertz CT molecular complexity index is 2570. The van der Waals surface area contributed by atoms with E-state index in [0.29, 0.717) is 0 Å². The van der Waals surface area contributed by atoms with Crippen LogP contribution in [0.25, 0.3) is 55.0 Å². The van der Waals surface area contributed by atoms with Gasteiger partial charge in [0, 0.05) is 32.7 Å². The molecule has 2 heterocycles. The van der Waals surface area contributed by atoms with Crippen molar-refractivity contribution >= 4 is 91.5 Å². The first kappa shape index (κ1) is 37.2. The molecule has 0 aliphatic carbocycles. The molecule has 0 unspecified atom stereocenters. The summed E-state index contributed by atoms with van der Waals surface area (Å²) >= 11 is 0. The summed E-state index contributed by atoms with van der Waals surface area (Å²) in [5.41, 5.74) is 5.75. The summed E-state index contributed by atoms with van der Waals surface area (Å²) in [6.45, 7) is 8.00. The molecule has 2 aromatic heterocycles. The van der Waals surface area contributed by atoms with Crippen molar-refractivity contribution in [3.8, 4) is 11.1 Å². The van der Waals surface area contributed by atoms with E-state index in [9.17, 15) is 0 Å². The van der Waals surface area contributed by atoms with Gasteiger partial charge in [0.25, 0.3) is 0 Å². The SMILES string of the molecule is CC.CC.c1ccc(P(c2ccccc2)c2ccc3c(oc4ccccc43)c2-c2c(P(c3ccccc3)c3ccccc3)ccc3c2oc2ccccc23)cc1. The Morgan fingerprint density at radius 3 is 0.893 bits per heavy atom. The predicted molar refractivity (Wildman–Crippen MR) is 247 cm³/mol. The van der Waals surface area contributed by atoms with Crippen LogP contribution in [0, 0.1) is 0 Å². The monoisotopic (exact) mass is 762 g/mol. The molecule has 56 heavy (non-hydrogen) atoms. The van der Waals surface area contributed by atoms with Gasteiger partial charge in [0.2, 0.25) is 0 Å². The summed E-state index contributed by atoms with van der Waals surface area (Å²) in [7, 11) is -2.01. The van der Waals surface area contributed by atoms with Crippen LogP contribution in [0.1, 0.15) is 27.7 Å². The van der Waals surface area contributed by atoms with Gasteiger partial charge in [-0.3, -0.25) is 0 Å². The van der Waals surface area contributed by atoms with Gasteiger partial charge in [0.05, 0.1) is 0 Å². The smallest absolute Gasteiger partial charge is 0.144 e. The number of para-hydroxylation sites is 2. The van der Waals surface area contributed by atoms with E-state index in [1.165, 1.54) is 31.8 Å². The van der Waals surface area contributed by atoms with Crippen LogP contribution in [0.15, 0.2) is 203 Å². The van der Waals surface area contributed by atoms with Gasteiger partial charge in [-0.05, 0) is 71.9 Å². The fourth-order valence-corrected chi connectivity index (χ4v) is 12.5. The van der Waals surface area contributed by atoms with E-state index in [1.807, 2.05) is 27.7 Å². The van der Waals surface area contributed by atoms with Gasteiger partial charge in [-0.25, -0.2) is 0 Å². The van der Waals surface area contributed by atoms with Crippen molar-refractivity contribution in [1.29, 1.82) is 0 Å². The second-order valence-corrected chi connectivity index (χ2v) is 17.3. The molecule has 10 aromatic rings. The summed E-state index contributed by atoms with van der Waals surface area (Å²) < 4.78 is 14.1. The molecule has 0 saturated heterocycles. The molecule has 274 valence electrons. The van der Waals surface area contributed by atoms with Crippen LogP contribution in [0.5, 0.6) is 0 Å². The Labute approximate surface area is 332 Å². The lowest BCUT2D eigenvalue weighted by Gasteiger charge is -2.26. The molecule has 0 fully saturated rings. The summed E-state index contributed by atoms with van der Waals surface area (Å²) in [5.74, 6) is 0. The van der Waals surface area contributed by atoms with E-state index in [1.54, 1.807) is 0 Å². The zero-order chi connectivity index (χ0) is 38.4. The maximum atomic E-state index is 7.05. The Kier molecular flexibility index (Phi) is 11.2. The van der Waals surface area contributed by atoms with Gasteiger partial charge in [0.15, 0.2) is 0 Å². The maximum Gasteiger partial charge on any atom is 0.144 e. The quantitative estimate of drug-likeness (QED) is 0.151. The minimum atomic E-state index is -1.01. The fourth-order valence-electron chi connectivity index (χ4n) is 7.58. The Balaban J connectivity index is 0.00000107. The van der Waals surface area contributed by atoms with Gasteiger partial charge in [-0.1, -0.05) is 198 Å². The zero-order valence-electron chi connectivity index (χ0n) is 32.2. The molecule has 2 nitrogen and oxygen atoms in total. The van der Waals surface area contributed by atoms with Crippen LogP contribution in [0.2, 0.25) is 0 Å². The highest BCUT2D eigenvalue weighted by molar-refractivity contribution is 7.80. The first-order valence-corrected chi connectivity index (χ1v) is 22.2. The highest BCUT2D eigenvalue weighted by atomic mass is 31.1. The van der Waals surface area contributed by atoms with Crippen molar-refractivity contribution in [1.82, 2.24) is 0 Å². The number of benzene rings is 8. The third-order valence-corrected chi connectivity index (χ3v) is 14.8. The molecule has 10 rings (SSSR count). The molecule has 0 saturated carbocycles. The number of fused-ring (bicyclic) bond motifs is 6. The first-order chi connectivity index (χ1) is 27.8. The van der Waals surface area contributed by atoms with Crippen LogP contribution in [-0.2, 0) is 0 Å². The Hall–Kier alpha value is -5.78. The number of rotatable bonds is 7. The molecule has 0 aliphatic rings. The number of hydrogen-bond donors (Lipinski definition) is 0. The lowest BCUT2D eigenvalue weighted by atomic mass is 9.99. The molecule has 0 N–H and O–H groups in total. The third kappa shape index (κ3) is 6.75. The largest absolute Gasteiger partial charge is 0.455 e. The molecular formula is C52H44O2P2. The Morgan fingerprint density at radius 1 is 0.286 bits per heavy atom. The minimum absolute atomic E-state index is 0.881. The molecule has 0 bridgehead atoms. The second kappa shape index (κ2) is 16.9. The maximum absolute atomic E-state index is 7.05. The van der Waals surface area contributed by atoms with Crippen LogP contribution in [0.4, 0.5) is 0 Å². The van der Waals surface area contributed by atoms with Gasteiger partial charge in [-0.2, -0.15) is 0 Å². The molecule has 4 heteroatoms. The van der Waals surface area contributed by atoms with Crippen LogP contribution in [0.3, 0.4) is 0 Å². The zero-order valence-corrected chi connectivity index (χ0v) is 34.0. The molecule has 0 atom stereocenters. The topological polar surface area (TPSA) is 26.3 Å². The van der Waals surface area contributed by atoms with Crippen molar-refractivity contribution in [2.24, 2.45) is 0 Å². The van der Waals surface area contributed by atoms with E-state index in [2.05, 4.69) is 194 Å². The van der Waals surface area contributed by atoms with Crippen LogP contribution < -0.4 is 31.8 Å². The normalized spacial score (nSPS) is 11.2. The van der Waals surface area contributed by atoms with Gasteiger partial charge in [-0.15, -0.1) is 0 Å². The van der Waals surface area contributed by atoms with Crippen molar-refractivity contribution in [2.45, 2.75) is 27.7 Å². The summed E-state index contributed by atoms with van der Waals surface area (Å²) in [6, 6.07) is 69.9. The summed E-state index contributed by atoms with van der Waals surface area (Å²) in [4.78, 5) is 0. The molecule has 0 aliphatic heterocycles. The summed E-state index contributed by atoms with van der Waals surface area (Å²) in [6.07, 6.45) is 0. The standard InChI is InChI=1S/C48H32O2P2.2C2H6/c1-5-17-33(18-6-1)51(34-19-7-2-8-20-34)43-31-29-39-37-25-13-15-27-41(37)49-47(39)45(43)46-44(32-30-40-38-26-14-16-28-42(38)50-48(40)46)52(35-21-9-3-10-22-35)36-23-11-4-12-24-36;2*1-2/h1-32H;2*1-2H3. The average Bonchev–Trinajstić information content (AvgIpc) is 3.86. The van der Waals surface area contributed by atoms with E-state index < -0.39 is 15.8 Å². The highest BCUT2D eigenvalue weighted by Gasteiger charge is 2.31. The van der Waals surface area contributed by atoms with E-state index >= 15 is 0 Å². The predicted octanol–water partition coefficient (Wildman–Crippen LogP) is 12.7. The first-order valence-electron chi connectivity index (χ1n) is 19.5. The number of furan rings is 2. The Morgan fingerprint density at radius 2 is 0.571 bits per heavy atom. The van der Waals surface area contributed by atoms with E-state index in [4.69, 9.17) is 8.83 Å². The molecule has 0 spiro atoms. The van der Waals surface area contributed by atoms with Gasteiger partial charge >= 0.3 is 0 Å². The second-order valence-electron chi connectivity index (χ2n) is 12.9. The van der Waals surface area contributed by atoms with Crippen molar-refractivity contribution in [3.63, 3.8) is 0 Å². The minimum Gasteiger partial charge on any atom is -0.455 e. The molecule has 0 radical (unpaired) electrons. The van der Waals surface area contributed by atoms with Gasteiger partial charge in [0.1, 0.15) is 22.3 Å². The van der Waals surface area contributed by atoms with Crippen molar-refractivity contribution < 1.29 is 8.83 Å². The number of hydrogen-bond acceptors (Lipinski definition) is 2. The van der Waals surface area contributed by atoms with Crippen LogP contribution in [-0.4, -0.2) is 0 Å². The van der Waals surface area contributed by atoms with Crippen molar-refractivity contribution in [2.75, 3.05) is 0 Å². The highest BCUT2D eigenvalue weighted by Crippen LogP contribution is 2.48.